The normalized spacial score (nSPS) is 22.2. The number of para-hydroxylation sites is 1. The highest BCUT2D eigenvalue weighted by atomic mass is 19.1. The van der Waals surface area contributed by atoms with Crippen molar-refractivity contribution in [2.24, 2.45) is 5.41 Å². The fraction of sp³-hybridized carbons (Fsp3) is 0.258. The third kappa shape index (κ3) is 3.10. The molecule has 3 aromatic rings. The van der Waals surface area contributed by atoms with E-state index in [2.05, 4.69) is 6.07 Å². The first-order chi connectivity index (χ1) is 18.2. The topological polar surface area (TPSA) is 69.3 Å². The van der Waals surface area contributed by atoms with Crippen LogP contribution in [0.3, 0.4) is 0 Å². The molecule has 6 nitrogen and oxygen atoms in total. The minimum atomic E-state index is -1.57. The monoisotopic (exact) mass is 506 g/mol. The Morgan fingerprint density at radius 3 is 2.32 bits per heavy atom. The van der Waals surface area contributed by atoms with Gasteiger partial charge in [0.1, 0.15) is 23.1 Å². The molecule has 6 rings (SSSR count). The fourth-order valence-electron chi connectivity index (χ4n) is 6.41. The van der Waals surface area contributed by atoms with Gasteiger partial charge < -0.3 is 9.47 Å². The quantitative estimate of drug-likeness (QED) is 0.451. The van der Waals surface area contributed by atoms with Crippen molar-refractivity contribution >= 4 is 28.9 Å². The number of amides is 1. The zero-order chi connectivity index (χ0) is 26.8. The number of carbonyl (C=O) groups excluding carboxylic acids is 2. The molecule has 1 aromatic heterocycles. The van der Waals surface area contributed by atoms with Crippen LogP contribution < -0.4 is 9.80 Å². The van der Waals surface area contributed by atoms with Gasteiger partial charge in [-0.1, -0.05) is 32.0 Å². The number of likely N-dealkylation sites (N-methyl/N-ethyl adjacent to an activating group) is 1. The summed E-state index contributed by atoms with van der Waals surface area (Å²) in [4.78, 5) is 32.3. The summed E-state index contributed by atoms with van der Waals surface area (Å²) in [5.41, 5.74) is 1.21. The van der Waals surface area contributed by atoms with E-state index in [1.165, 1.54) is 12.1 Å². The summed E-state index contributed by atoms with van der Waals surface area (Å²) in [7, 11) is 0. The van der Waals surface area contributed by atoms with Crippen LogP contribution >= 0.6 is 0 Å². The first-order valence-corrected chi connectivity index (χ1v) is 12.8. The molecule has 1 atom stereocenters. The molecule has 0 unspecified atom stereocenters. The van der Waals surface area contributed by atoms with Crippen LogP contribution in [0, 0.1) is 22.6 Å². The number of nitriles is 1. The number of hydrogen-bond acceptors (Lipinski definition) is 4. The van der Waals surface area contributed by atoms with E-state index in [-0.39, 0.29) is 34.9 Å². The van der Waals surface area contributed by atoms with E-state index in [4.69, 9.17) is 0 Å². The molecule has 1 aliphatic carbocycles. The molecule has 0 bridgehead atoms. The second-order valence-corrected chi connectivity index (χ2v) is 10.8. The van der Waals surface area contributed by atoms with Crippen molar-refractivity contribution in [2.45, 2.75) is 39.0 Å². The van der Waals surface area contributed by atoms with Gasteiger partial charge in [-0.2, -0.15) is 5.26 Å². The number of halogens is 1. The van der Waals surface area contributed by atoms with Gasteiger partial charge in [-0.3, -0.25) is 14.5 Å². The van der Waals surface area contributed by atoms with Gasteiger partial charge in [-0.25, -0.2) is 4.39 Å². The predicted octanol–water partition coefficient (Wildman–Crippen LogP) is 5.79. The van der Waals surface area contributed by atoms with Crippen LogP contribution in [0.15, 0.2) is 89.9 Å². The smallest absolute Gasteiger partial charge is 0.247 e. The van der Waals surface area contributed by atoms with Crippen molar-refractivity contribution < 1.29 is 14.0 Å². The molecule has 3 heterocycles. The molecule has 0 fully saturated rings. The van der Waals surface area contributed by atoms with Crippen LogP contribution in [0.25, 0.3) is 5.82 Å². The van der Waals surface area contributed by atoms with Gasteiger partial charge in [0.15, 0.2) is 5.78 Å². The third-order valence-electron chi connectivity index (χ3n) is 7.83. The Morgan fingerprint density at radius 2 is 1.66 bits per heavy atom. The molecule has 0 saturated heterocycles. The van der Waals surface area contributed by atoms with Crippen molar-refractivity contribution in [3.05, 3.63) is 101 Å². The summed E-state index contributed by atoms with van der Waals surface area (Å²) in [6.07, 6.45) is 4.39. The molecule has 7 heteroatoms. The largest absolute Gasteiger partial charge is 0.311 e. The Hall–Kier alpha value is -4.44. The van der Waals surface area contributed by atoms with Gasteiger partial charge >= 0.3 is 0 Å². The molecule has 190 valence electrons. The summed E-state index contributed by atoms with van der Waals surface area (Å²) >= 11 is 0. The maximum atomic E-state index is 14.6. The number of fused-ring (bicyclic) bond motifs is 3. The molecule has 2 aromatic carbocycles. The van der Waals surface area contributed by atoms with Crippen LogP contribution in [-0.4, -0.2) is 22.8 Å². The van der Waals surface area contributed by atoms with Crippen molar-refractivity contribution in [3.63, 3.8) is 0 Å². The highest BCUT2D eigenvalue weighted by Crippen LogP contribution is 2.59. The zero-order valence-corrected chi connectivity index (χ0v) is 21.5. The average molecular weight is 507 g/mol. The summed E-state index contributed by atoms with van der Waals surface area (Å²) in [6.45, 7) is 6.36. The van der Waals surface area contributed by atoms with Gasteiger partial charge in [0.05, 0.1) is 5.57 Å². The van der Waals surface area contributed by atoms with Gasteiger partial charge in [0, 0.05) is 53.6 Å². The molecule has 2 aliphatic heterocycles. The van der Waals surface area contributed by atoms with Crippen LogP contribution in [0.4, 0.5) is 15.8 Å². The number of rotatable bonds is 3. The molecule has 3 aliphatic rings. The standard InChI is InChI=1S/C31H27FN4O2/c1-4-35-24-10-6-5-9-22(24)31(29(35)38)23(19-33)28(34-15-7-8-16-34)36(21-13-11-20(32)12-14-21)25-17-30(2,3)18-26(37)27(25)31/h5-16H,4,17-18H2,1-3H3/t31-/m1/s1. The molecule has 1 amide bonds. The maximum Gasteiger partial charge on any atom is 0.247 e. The maximum absolute atomic E-state index is 14.6. The number of nitrogens with zero attached hydrogens (tertiary/aromatic N) is 4. The number of ketones is 1. The minimum Gasteiger partial charge on any atom is -0.311 e. The molecule has 0 radical (unpaired) electrons. The fourth-order valence-corrected chi connectivity index (χ4v) is 6.41. The summed E-state index contributed by atoms with van der Waals surface area (Å²) in [6, 6.07) is 19.5. The van der Waals surface area contributed by atoms with E-state index in [0.717, 1.165) is 0 Å². The van der Waals surface area contributed by atoms with E-state index >= 15 is 0 Å². The van der Waals surface area contributed by atoms with Crippen molar-refractivity contribution in [1.29, 1.82) is 5.26 Å². The van der Waals surface area contributed by atoms with E-state index in [0.29, 0.717) is 47.0 Å². The van der Waals surface area contributed by atoms with Crippen LogP contribution in [0.5, 0.6) is 0 Å². The minimum absolute atomic E-state index is 0.149. The molecule has 0 N–H and O–H groups in total. The van der Waals surface area contributed by atoms with Crippen molar-refractivity contribution in [3.8, 4) is 6.07 Å². The number of carbonyl (C=O) groups is 2. The highest BCUT2D eigenvalue weighted by molar-refractivity contribution is 6.22. The van der Waals surface area contributed by atoms with E-state index in [9.17, 15) is 19.2 Å². The average Bonchev–Trinajstić information content (AvgIpc) is 3.50. The lowest BCUT2D eigenvalue weighted by Gasteiger charge is -2.47. The van der Waals surface area contributed by atoms with Gasteiger partial charge in [-0.15, -0.1) is 0 Å². The van der Waals surface area contributed by atoms with Gasteiger partial charge in [0.2, 0.25) is 5.91 Å². The summed E-state index contributed by atoms with van der Waals surface area (Å²) in [5, 5.41) is 10.9. The lowest BCUT2D eigenvalue weighted by Crippen LogP contribution is -2.53. The number of allylic oxidation sites excluding steroid dienone is 1. The number of hydrogen-bond donors (Lipinski definition) is 0. The number of anilines is 2. The van der Waals surface area contributed by atoms with Crippen molar-refractivity contribution in [1.82, 2.24) is 4.57 Å². The van der Waals surface area contributed by atoms with Crippen LogP contribution in [-0.2, 0) is 15.0 Å². The second-order valence-electron chi connectivity index (χ2n) is 10.8. The van der Waals surface area contributed by atoms with E-state index in [1.54, 1.807) is 17.0 Å². The molecule has 1 spiro atoms. The molecule has 0 saturated carbocycles. The predicted molar refractivity (Wildman–Crippen MR) is 143 cm³/mol. The SMILES string of the molecule is CCN1C(=O)[C@@]2(C(C#N)=C(n3cccc3)N(c3ccc(F)cc3)C3=C2C(=O)CC(C)(C)C3)c2ccccc21. The third-order valence-corrected chi connectivity index (χ3v) is 7.83. The lowest BCUT2D eigenvalue weighted by molar-refractivity contribution is -0.125. The zero-order valence-electron chi connectivity index (χ0n) is 21.5. The number of benzene rings is 2. The summed E-state index contributed by atoms with van der Waals surface area (Å²) < 4.78 is 15.8. The highest BCUT2D eigenvalue weighted by Gasteiger charge is 2.63. The van der Waals surface area contributed by atoms with Crippen molar-refractivity contribution in [2.75, 3.05) is 16.3 Å². The molecular weight excluding hydrogens is 479 g/mol. The molecular formula is C31H27FN4O2. The Balaban J connectivity index is 1.80. The number of aromatic nitrogens is 1. The second kappa shape index (κ2) is 8.29. The van der Waals surface area contributed by atoms with E-state index in [1.807, 2.05) is 79.0 Å². The van der Waals surface area contributed by atoms with E-state index < -0.39 is 5.41 Å². The lowest BCUT2D eigenvalue weighted by atomic mass is 9.60. The Morgan fingerprint density at radius 1 is 0.974 bits per heavy atom. The van der Waals surface area contributed by atoms with Crippen LogP contribution in [0.1, 0.15) is 39.2 Å². The Labute approximate surface area is 220 Å². The molecule has 38 heavy (non-hydrogen) atoms. The first kappa shape index (κ1) is 23.9. The summed E-state index contributed by atoms with van der Waals surface area (Å²) in [5.74, 6) is -0.359. The first-order valence-electron chi connectivity index (χ1n) is 12.8. The van der Waals surface area contributed by atoms with Gasteiger partial charge in [-0.05, 0) is 61.2 Å². The van der Waals surface area contributed by atoms with Gasteiger partial charge in [0.25, 0.3) is 0 Å². The van der Waals surface area contributed by atoms with Crippen LogP contribution in [0.2, 0.25) is 0 Å². The number of Topliss-reactive ketones (excluding diaryl/α,β-unsaturated/α-hetero) is 1. The Kier molecular flexibility index (Phi) is 5.22. The Bertz CT molecular complexity index is 1590.